The summed E-state index contributed by atoms with van der Waals surface area (Å²) in [5, 5.41) is 6.81. The third-order valence-corrected chi connectivity index (χ3v) is 4.61. The van der Waals surface area contributed by atoms with Crippen molar-refractivity contribution in [2.45, 2.75) is 46.2 Å². The van der Waals surface area contributed by atoms with E-state index >= 15 is 0 Å². The Morgan fingerprint density at radius 2 is 2.00 bits per heavy atom. The number of terminal acetylenes is 1. The van der Waals surface area contributed by atoms with E-state index in [2.05, 4.69) is 47.2 Å². The first-order chi connectivity index (χ1) is 13.6. The summed E-state index contributed by atoms with van der Waals surface area (Å²) >= 11 is 0. The predicted octanol–water partition coefficient (Wildman–Crippen LogP) is 3.50. The normalized spacial score (nSPS) is 12.0. The first-order valence-electron chi connectivity index (χ1n) is 10.0. The zero-order valence-electron chi connectivity index (χ0n) is 18.5. The Hall–Kier alpha value is -1.66. The lowest BCUT2D eigenvalue weighted by Gasteiger charge is -2.21. The van der Waals surface area contributed by atoms with Crippen molar-refractivity contribution in [3.8, 4) is 23.8 Å². The average molecular weight is 516 g/mol. The Morgan fingerprint density at radius 3 is 2.59 bits per heavy atom. The molecule has 1 aromatic carbocycles. The molecule has 0 amide bonds. The standard InChI is InChI=1S/C22H36N4O2.HI/c1-7-15-28-21-16-19(12-13-20(21)27-6)17-24-22(23-5)25-18(4)11-10-14-26(8-2)9-3;/h1,12-13,16,18H,8-11,14-15,17H2,2-6H3,(H2,23,24,25);1H. The van der Waals surface area contributed by atoms with Gasteiger partial charge in [-0.25, -0.2) is 0 Å². The number of benzene rings is 1. The Bertz CT molecular complexity index is 642. The monoisotopic (exact) mass is 516 g/mol. The van der Waals surface area contributed by atoms with Crippen LogP contribution in [0.3, 0.4) is 0 Å². The number of guanidine groups is 1. The van der Waals surface area contributed by atoms with E-state index < -0.39 is 0 Å². The van der Waals surface area contributed by atoms with E-state index in [1.807, 2.05) is 18.2 Å². The first kappa shape index (κ1) is 27.3. The molecular weight excluding hydrogens is 479 g/mol. The maximum atomic E-state index is 5.56. The van der Waals surface area contributed by atoms with Crippen LogP contribution in [0.15, 0.2) is 23.2 Å². The lowest BCUT2D eigenvalue weighted by Crippen LogP contribution is -2.42. The van der Waals surface area contributed by atoms with Crippen LogP contribution < -0.4 is 20.1 Å². The van der Waals surface area contributed by atoms with Gasteiger partial charge in [0.05, 0.1) is 7.11 Å². The van der Waals surface area contributed by atoms with Crippen molar-refractivity contribution in [3.63, 3.8) is 0 Å². The molecule has 164 valence electrons. The number of ether oxygens (including phenoxy) is 2. The van der Waals surface area contributed by atoms with Crippen molar-refractivity contribution in [1.82, 2.24) is 15.5 Å². The molecule has 0 saturated heterocycles. The van der Waals surface area contributed by atoms with Gasteiger partial charge in [0, 0.05) is 19.6 Å². The number of halogens is 1. The summed E-state index contributed by atoms with van der Waals surface area (Å²) < 4.78 is 10.9. The number of nitrogens with zero attached hydrogens (tertiary/aromatic N) is 2. The van der Waals surface area contributed by atoms with Gasteiger partial charge in [0.1, 0.15) is 6.61 Å². The van der Waals surface area contributed by atoms with Gasteiger partial charge in [0.15, 0.2) is 17.5 Å². The molecule has 1 atom stereocenters. The molecule has 0 saturated carbocycles. The average Bonchev–Trinajstić information content (AvgIpc) is 2.72. The van der Waals surface area contributed by atoms with Gasteiger partial charge in [-0.2, -0.15) is 0 Å². The van der Waals surface area contributed by atoms with Crippen molar-refractivity contribution >= 4 is 29.9 Å². The molecule has 0 heterocycles. The van der Waals surface area contributed by atoms with Crippen LogP contribution in [-0.2, 0) is 6.54 Å². The molecular formula is C22H37IN4O2. The number of aliphatic imine (C=N–C) groups is 1. The van der Waals surface area contributed by atoms with Crippen LogP contribution in [0.25, 0.3) is 0 Å². The van der Waals surface area contributed by atoms with Gasteiger partial charge in [-0.3, -0.25) is 4.99 Å². The van der Waals surface area contributed by atoms with E-state index in [0.29, 0.717) is 24.1 Å². The number of hydrogen-bond donors (Lipinski definition) is 2. The molecule has 6 nitrogen and oxygen atoms in total. The fraction of sp³-hybridized carbons (Fsp3) is 0.591. The molecule has 29 heavy (non-hydrogen) atoms. The van der Waals surface area contributed by atoms with Crippen molar-refractivity contribution < 1.29 is 9.47 Å². The van der Waals surface area contributed by atoms with Crippen LogP contribution in [0.2, 0.25) is 0 Å². The van der Waals surface area contributed by atoms with E-state index in [4.69, 9.17) is 15.9 Å². The van der Waals surface area contributed by atoms with Crippen LogP contribution in [0.5, 0.6) is 11.5 Å². The SMILES string of the molecule is C#CCOc1cc(CNC(=NC)NC(C)CCCN(CC)CC)ccc1OC.I. The van der Waals surface area contributed by atoms with Crippen molar-refractivity contribution in [2.24, 2.45) is 4.99 Å². The Morgan fingerprint density at radius 1 is 1.28 bits per heavy atom. The molecule has 0 radical (unpaired) electrons. The minimum absolute atomic E-state index is 0. The topological polar surface area (TPSA) is 58.1 Å². The van der Waals surface area contributed by atoms with Gasteiger partial charge in [0.25, 0.3) is 0 Å². The molecule has 0 aliphatic rings. The Labute approximate surface area is 193 Å². The molecule has 0 bridgehead atoms. The first-order valence-corrected chi connectivity index (χ1v) is 10.0. The summed E-state index contributed by atoms with van der Waals surface area (Å²) in [5.41, 5.74) is 1.06. The minimum atomic E-state index is 0. The summed E-state index contributed by atoms with van der Waals surface area (Å²) in [5.74, 6) is 4.58. The molecule has 0 aliphatic carbocycles. The molecule has 0 aliphatic heterocycles. The lowest BCUT2D eigenvalue weighted by molar-refractivity contribution is 0.292. The van der Waals surface area contributed by atoms with E-state index in [-0.39, 0.29) is 30.6 Å². The van der Waals surface area contributed by atoms with E-state index in [0.717, 1.165) is 37.6 Å². The highest BCUT2D eigenvalue weighted by Gasteiger charge is 2.09. The van der Waals surface area contributed by atoms with Crippen LogP contribution in [-0.4, -0.2) is 57.3 Å². The van der Waals surface area contributed by atoms with Gasteiger partial charge in [0.2, 0.25) is 0 Å². The highest BCUT2D eigenvalue weighted by molar-refractivity contribution is 14.0. The van der Waals surface area contributed by atoms with Gasteiger partial charge in [-0.15, -0.1) is 30.4 Å². The summed E-state index contributed by atoms with van der Waals surface area (Å²) in [7, 11) is 3.40. The number of nitrogens with one attached hydrogen (secondary N) is 2. The fourth-order valence-corrected chi connectivity index (χ4v) is 2.91. The van der Waals surface area contributed by atoms with Crippen LogP contribution in [0.4, 0.5) is 0 Å². The summed E-state index contributed by atoms with van der Waals surface area (Å²) in [6.07, 6.45) is 7.55. The maximum absolute atomic E-state index is 5.56. The predicted molar refractivity (Wildman–Crippen MR) is 133 cm³/mol. The molecule has 1 aromatic rings. The quantitative estimate of drug-likeness (QED) is 0.193. The Balaban J connectivity index is 0.00000784. The summed E-state index contributed by atoms with van der Waals surface area (Å²) in [4.78, 5) is 6.77. The van der Waals surface area contributed by atoms with Crippen molar-refractivity contribution in [3.05, 3.63) is 23.8 Å². The molecule has 1 unspecified atom stereocenters. The second-order valence-corrected chi connectivity index (χ2v) is 6.62. The molecule has 7 heteroatoms. The third kappa shape index (κ3) is 10.6. The summed E-state index contributed by atoms with van der Waals surface area (Å²) in [6.45, 7) is 10.8. The molecule has 0 aromatic heterocycles. The molecule has 0 spiro atoms. The third-order valence-electron chi connectivity index (χ3n) is 4.61. The second-order valence-electron chi connectivity index (χ2n) is 6.62. The van der Waals surface area contributed by atoms with Crippen LogP contribution >= 0.6 is 24.0 Å². The maximum Gasteiger partial charge on any atom is 0.191 e. The number of rotatable bonds is 12. The minimum Gasteiger partial charge on any atom is -0.493 e. The molecule has 0 fully saturated rings. The molecule has 1 rings (SSSR count). The molecule has 2 N–H and O–H groups in total. The van der Waals surface area contributed by atoms with E-state index in [1.165, 1.54) is 6.42 Å². The second kappa shape index (κ2) is 16.2. The summed E-state index contributed by atoms with van der Waals surface area (Å²) in [6, 6.07) is 6.17. The largest absolute Gasteiger partial charge is 0.493 e. The van der Waals surface area contributed by atoms with Crippen molar-refractivity contribution in [2.75, 3.05) is 40.4 Å². The van der Waals surface area contributed by atoms with Gasteiger partial charge >= 0.3 is 0 Å². The van der Waals surface area contributed by atoms with Crippen molar-refractivity contribution in [1.29, 1.82) is 0 Å². The number of methoxy groups -OCH3 is 1. The highest BCUT2D eigenvalue weighted by atomic mass is 127. The Kier molecular flexibility index (Phi) is 15.2. The zero-order chi connectivity index (χ0) is 20.8. The van der Waals surface area contributed by atoms with Gasteiger partial charge in [-0.05, 0) is 57.1 Å². The van der Waals surface area contributed by atoms with Crippen LogP contribution in [0.1, 0.15) is 39.2 Å². The van der Waals surface area contributed by atoms with Crippen LogP contribution in [0, 0.1) is 12.3 Å². The van der Waals surface area contributed by atoms with Gasteiger partial charge in [-0.1, -0.05) is 25.8 Å². The fourth-order valence-electron chi connectivity index (χ4n) is 2.91. The van der Waals surface area contributed by atoms with Gasteiger partial charge < -0.3 is 25.0 Å². The lowest BCUT2D eigenvalue weighted by atomic mass is 10.1. The van der Waals surface area contributed by atoms with E-state index in [1.54, 1.807) is 14.2 Å². The smallest absolute Gasteiger partial charge is 0.191 e. The van der Waals surface area contributed by atoms with E-state index in [9.17, 15) is 0 Å². The highest BCUT2D eigenvalue weighted by Crippen LogP contribution is 2.27. The number of hydrogen-bond acceptors (Lipinski definition) is 4. The zero-order valence-corrected chi connectivity index (χ0v) is 20.8.